The van der Waals surface area contributed by atoms with Crippen LogP contribution in [0.5, 0.6) is 0 Å². The predicted octanol–water partition coefficient (Wildman–Crippen LogP) is 3.69. The molecule has 0 radical (unpaired) electrons. The van der Waals surface area contributed by atoms with Crippen molar-refractivity contribution in [2.24, 2.45) is 0 Å². The smallest absolute Gasteiger partial charge is 0.129 e. The summed E-state index contributed by atoms with van der Waals surface area (Å²) in [6.45, 7) is 6.97. The minimum absolute atomic E-state index is 0.102. The molecule has 0 saturated carbocycles. The molecule has 0 saturated heterocycles. The van der Waals surface area contributed by atoms with Crippen molar-refractivity contribution in [3.05, 3.63) is 35.4 Å². The average Bonchev–Trinajstić information content (AvgIpc) is 2.39. The molecule has 1 unspecified atom stereocenters. The van der Waals surface area contributed by atoms with Crippen molar-refractivity contribution in [2.75, 3.05) is 13.7 Å². The Morgan fingerprint density at radius 3 is 2.55 bits per heavy atom. The first-order valence-electron chi connectivity index (χ1n) is 7.10. The molecule has 0 fully saturated rings. The van der Waals surface area contributed by atoms with Crippen molar-refractivity contribution < 1.29 is 13.5 Å². The van der Waals surface area contributed by atoms with Crippen LogP contribution in [0, 0.1) is 11.6 Å². The molecule has 1 aromatic rings. The lowest BCUT2D eigenvalue weighted by molar-refractivity contribution is 0.00707. The molecule has 0 amide bonds. The second kappa shape index (κ2) is 7.70. The van der Waals surface area contributed by atoms with Crippen LogP contribution < -0.4 is 5.32 Å². The molecule has 0 aliphatic carbocycles. The van der Waals surface area contributed by atoms with Gasteiger partial charge in [-0.2, -0.15) is 0 Å². The summed E-state index contributed by atoms with van der Waals surface area (Å²) in [6, 6.07) is 3.86. The highest BCUT2D eigenvalue weighted by atomic mass is 19.1. The van der Waals surface area contributed by atoms with Crippen molar-refractivity contribution in [1.82, 2.24) is 5.32 Å². The van der Waals surface area contributed by atoms with Gasteiger partial charge in [0.2, 0.25) is 0 Å². The lowest BCUT2D eigenvalue weighted by atomic mass is 9.93. The highest BCUT2D eigenvalue weighted by Gasteiger charge is 2.23. The van der Waals surface area contributed by atoms with Gasteiger partial charge in [0, 0.05) is 19.2 Å². The van der Waals surface area contributed by atoms with Gasteiger partial charge in [-0.3, -0.25) is 0 Å². The Hall–Kier alpha value is -1.00. The van der Waals surface area contributed by atoms with Crippen LogP contribution >= 0.6 is 0 Å². The zero-order chi connectivity index (χ0) is 15.2. The monoisotopic (exact) mass is 285 g/mol. The van der Waals surface area contributed by atoms with E-state index in [2.05, 4.69) is 12.2 Å². The third kappa shape index (κ3) is 5.55. The lowest BCUT2D eigenvalue weighted by Crippen LogP contribution is -2.39. The molecule has 1 N–H and O–H groups in total. The zero-order valence-corrected chi connectivity index (χ0v) is 12.8. The van der Waals surface area contributed by atoms with E-state index in [4.69, 9.17) is 4.74 Å². The van der Waals surface area contributed by atoms with Crippen LogP contribution in [-0.4, -0.2) is 25.3 Å². The molecule has 0 aliphatic heterocycles. The van der Waals surface area contributed by atoms with E-state index in [9.17, 15) is 8.78 Å². The SMILES string of the molecule is CCCNC(Cc1ccc(F)cc1F)CC(C)(C)OC. The topological polar surface area (TPSA) is 21.3 Å². The first-order valence-corrected chi connectivity index (χ1v) is 7.10. The quantitative estimate of drug-likeness (QED) is 0.786. The standard InChI is InChI=1S/C16H25F2NO/c1-5-8-19-14(11-16(2,3)20-4)9-12-6-7-13(17)10-15(12)18/h6-7,10,14,19H,5,8-9,11H2,1-4H3. The largest absolute Gasteiger partial charge is 0.379 e. The van der Waals surface area contributed by atoms with Crippen LogP contribution in [0.25, 0.3) is 0 Å². The molecule has 1 atom stereocenters. The summed E-state index contributed by atoms with van der Waals surface area (Å²) >= 11 is 0. The number of ether oxygens (including phenoxy) is 1. The van der Waals surface area contributed by atoms with Crippen LogP contribution in [0.2, 0.25) is 0 Å². The third-order valence-corrected chi connectivity index (χ3v) is 3.46. The molecule has 4 heteroatoms. The number of nitrogens with one attached hydrogen (secondary N) is 1. The van der Waals surface area contributed by atoms with Crippen LogP contribution in [0.15, 0.2) is 18.2 Å². The van der Waals surface area contributed by atoms with Gasteiger partial charge in [0.25, 0.3) is 0 Å². The Kier molecular flexibility index (Phi) is 6.56. The fourth-order valence-corrected chi connectivity index (χ4v) is 2.19. The number of hydrogen-bond donors (Lipinski definition) is 1. The van der Waals surface area contributed by atoms with Gasteiger partial charge < -0.3 is 10.1 Å². The minimum atomic E-state index is -0.540. The summed E-state index contributed by atoms with van der Waals surface area (Å²) in [5.74, 6) is -1.02. The van der Waals surface area contributed by atoms with Gasteiger partial charge in [-0.25, -0.2) is 8.78 Å². The first kappa shape index (κ1) is 17.1. The van der Waals surface area contributed by atoms with Gasteiger partial charge in [-0.05, 0) is 51.3 Å². The molecule has 2 nitrogen and oxygen atoms in total. The maximum atomic E-state index is 13.7. The lowest BCUT2D eigenvalue weighted by Gasteiger charge is -2.29. The molecule has 20 heavy (non-hydrogen) atoms. The van der Waals surface area contributed by atoms with Gasteiger partial charge in [0.05, 0.1) is 5.60 Å². The van der Waals surface area contributed by atoms with E-state index in [0.717, 1.165) is 25.5 Å². The summed E-state index contributed by atoms with van der Waals surface area (Å²) in [6.07, 6.45) is 2.30. The van der Waals surface area contributed by atoms with Crippen molar-refractivity contribution in [1.29, 1.82) is 0 Å². The Morgan fingerprint density at radius 2 is 2.00 bits per heavy atom. The van der Waals surface area contributed by atoms with E-state index in [0.29, 0.717) is 12.0 Å². The third-order valence-electron chi connectivity index (χ3n) is 3.46. The molecule has 0 aromatic heterocycles. The van der Waals surface area contributed by atoms with Crippen molar-refractivity contribution >= 4 is 0 Å². The maximum absolute atomic E-state index is 13.7. The van der Waals surface area contributed by atoms with Crippen LogP contribution in [-0.2, 0) is 11.2 Å². The van der Waals surface area contributed by atoms with E-state index < -0.39 is 11.6 Å². The Bertz CT molecular complexity index is 421. The molecule has 114 valence electrons. The Balaban J connectivity index is 2.77. The van der Waals surface area contributed by atoms with Gasteiger partial charge in [-0.1, -0.05) is 13.0 Å². The number of methoxy groups -OCH3 is 1. The van der Waals surface area contributed by atoms with Crippen LogP contribution in [0.3, 0.4) is 0 Å². The summed E-state index contributed by atoms with van der Waals surface area (Å²) in [5, 5.41) is 3.41. The van der Waals surface area contributed by atoms with Gasteiger partial charge in [0.1, 0.15) is 11.6 Å². The normalized spacial score (nSPS) is 13.5. The van der Waals surface area contributed by atoms with E-state index in [-0.39, 0.29) is 11.6 Å². The van der Waals surface area contributed by atoms with E-state index in [1.165, 1.54) is 12.1 Å². The number of halogens is 2. The molecule has 0 spiro atoms. The minimum Gasteiger partial charge on any atom is -0.379 e. The molecule has 0 heterocycles. The summed E-state index contributed by atoms with van der Waals surface area (Å²) in [7, 11) is 1.68. The van der Waals surface area contributed by atoms with Gasteiger partial charge >= 0.3 is 0 Å². The number of rotatable bonds is 8. The molecular weight excluding hydrogens is 260 g/mol. The summed E-state index contributed by atoms with van der Waals surface area (Å²) in [5.41, 5.74) is 0.258. The molecule has 1 rings (SSSR count). The van der Waals surface area contributed by atoms with Crippen LogP contribution in [0.1, 0.15) is 39.2 Å². The molecular formula is C16H25F2NO. The highest BCUT2D eigenvalue weighted by Crippen LogP contribution is 2.20. The zero-order valence-electron chi connectivity index (χ0n) is 12.8. The Morgan fingerprint density at radius 1 is 1.30 bits per heavy atom. The van der Waals surface area contributed by atoms with Crippen molar-refractivity contribution in [3.8, 4) is 0 Å². The van der Waals surface area contributed by atoms with E-state index in [1.807, 2.05) is 13.8 Å². The predicted molar refractivity (Wildman–Crippen MR) is 77.8 cm³/mol. The van der Waals surface area contributed by atoms with E-state index in [1.54, 1.807) is 7.11 Å². The number of hydrogen-bond acceptors (Lipinski definition) is 2. The van der Waals surface area contributed by atoms with Crippen molar-refractivity contribution in [3.63, 3.8) is 0 Å². The van der Waals surface area contributed by atoms with Crippen LogP contribution in [0.4, 0.5) is 8.78 Å². The van der Waals surface area contributed by atoms with Gasteiger partial charge in [-0.15, -0.1) is 0 Å². The first-order chi connectivity index (χ1) is 9.38. The molecule has 1 aromatic carbocycles. The second-order valence-corrected chi connectivity index (χ2v) is 5.76. The molecule has 0 bridgehead atoms. The summed E-state index contributed by atoms with van der Waals surface area (Å²) < 4.78 is 32.1. The number of benzene rings is 1. The second-order valence-electron chi connectivity index (χ2n) is 5.76. The Labute approximate surface area is 120 Å². The van der Waals surface area contributed by atoms with E-state index >= 15 is 0 Å². The highest BCUT2D eigenvalue weighted by molar-refractivity contribution is 5.19. The fourth-order valence-electron chi connectivity index (χ4n) is 2.19. The maximum Gasteiger partial charge on any atom is 0.129 e. The fraction of sp³-hybridized carbons (Fsp3) is 0.625. The van der Waals surface area contributed by atoms with Gasteiger partial charge in [0.15, 0.2) is 0 Å². The van der Waals surface area contributed by atoms with Crippen molar-refractivity contribution in [2.45, 2.75) is 51.7 Å². The average molecular weight is 285 g/mol. The summed E-state index contributed by atoms with van der Waals surface area (Å²) in [4.78, 5) is 0. The molecule has 0 aliphatic rings.